The number of likely N-dealkylation sites (tertiary alicyclic amines) is 1. The van der Waals surface area contributed by atoms with Gasteiger partial charge in [0.05, 0.1) is 21.3 Å². The van der Waals surface area contributed by atoms with Crippen molar-refractivity contribution in [2.24, 2.45) is 0 Å². The fourth-order valence-electron chi connectivity index (χ4n) is 4.97. The number of rotatable bonds is 8. The first-order valence-electron chi connectivity index (χ1n) is 12.6. The molecule has 2 aromatic rings. The molecule has 0 radical (unpaired) electrons. The molecule has 3 amide bonds. The number of amides is 3. The van der Waals surface area contributed by atoms with Crippen LogP contribution in [0.5, 0.6) is 17.2 Å². The van der Waals surface area contributed by atoms with Crippen molar-refractivity contribution < 1.29 is 28.6 Å². The van der Waals surface area contributed by atoms with Crippen LogP contribution in [0.4, 0.5) is 0 Å². The summed E-state index contributed by atoms with van der Waals surface area (Å²) in [7, 11) is 6.37. The predicted octanol–water partition coefficient (Wildman–Crippen LogP) is 2.60. The van der Waals surface area contributed by atoms with Crippen LogP contribution in [-0.2, 0) is 20.8 Å². The van der Waals surface area contributed by atoms with Crippen LogP contribution in [0.2, 0.25) is 0 Å². The average molecular weight is 510 g/mol. The molecule has 2 aliphatic heterocycles. The molecule has 2 saturated heterocycles. The Labute approximate surface area is 217 Å². The molecule has 0 aliphatic carbocycles. The third-order valence-corrected chi connectivity index (χ3v) is 7.20. The molecule has 0 unspecified atom stereocenters. The Morgan fingerprint density at radius 2 is 1.51 bits per heavy atom. The van der Waals surface area contributed by atoms with E-state index in [9.17, 15) is 14.4 Å². The molecule has 0 saturated carbocycles. The molecule has 4 rings (SSSR count). The first-order chi connectivity index (χ1) is 17.9. The molecule has 2 aromatic carbocycles. The summed E-state index contributed by atoms with van der Waals surface area (Å²) in [6.07, 6.45) is 3.45. The van der Waals surface area contributed by atoms with E-state index in [1.54, 1.807) is 33.3 Å². The van der Waals surface area contributed by atoms with Crippen molar-refractivity contribution in [3.8, 4) is 28.4 Å². The van der Waals surface area contributed by atoms with Gasteiger partial charge in [0.2, 0.25) is 23.5 Å². The summed E-state index contributed by atoms with van der Waals surface area (Å²) < 4.78 is 16.3. The van der Waals surface area contributed by atoms with Crippen LogP contribution in [0.15, 0.2) is 36.4 Å². The van der Waals surface area contributed by atoms with Gasteiger partial charge in [-0.15, -0.1) is 0 Å². The number of hydrogen-bond acceptors (Lipinski definition) is 6. The van der Waals surface area contributed by atoms with E-state index in [-0.39, 0.29) is 30.8 Å². The highest BCUT2D eigenvalue weighted by Gasteiger charge is 2.38. The van der Waals surface area contributed by atoms with Crippen molar-refractivity contribution >= 4 is 17.7 Å². The maximum Gasteiger partial charge on any atom is 0.246 e. The molecule has 2 fully saturated rings. The van der Waals surface area contributed by atoms with Gasteiger partial charge in [-0.05, 0) is 48.1 Å². The number of piperidine rings is 1. The predicted molar refractivity (Wildman–Crippen MR) is 139 cm³/mol. The van der Waals surface area contributed by atoms with Crippen LogP contribution in [0.3, 0.4) is 0 Å². The first-order valence-corrected chi connectivity index (χ1v) is 12.6. The normalized spacial score (nSPS) is 18.2. The second kappa shape index (κ2) is 11.5. The summed E-state index contributed by atoms with van der Waals surface area (Å²) in [5.74, 6) is 1.21. The molecule has 9 heteroatoms. The van der Waals surface area contributed by atoms with Crippen molar-refractivity contribution in [3.05, 3.63) is 42.0 Å². The molecule has 0 bridgehead atoms. The monoisotopic (exact) mass is 509 g/mol. The van der Waals surface area contributed by atoms with Crippen molar-refractivity contribution in [2.45, 2.75) is 31.7 Å². The first kappa shape index (κ1) is 26.3. The van der Waals surface area contributed by atoms with E-state index in [0.29, 0.717) is 23.7 Å². The summed E-state index contributed by atoms with van der Waals surface area (Å²) in [5.41, 5.74) is 2.75. The van der Waals surface area contributed by atoms with Crippen molar-refractivity contribution in [2.75, 3.05) is 54.6 Å². The van der Waals surface area contributed by atoms with E-state index in [2.05, 4.69) is 0 Å². The van der Waals surface area contributed by atoms with Gasteiger partial charge in [-0.25, -0.2) is 0 Å². The van der Waals surface area contributed by atoms with Crippen LogP contribution in [0.25, 0.3) is 11.1 Å². The SMILES string of the molecule is COc1cc(-c2ccc(C[C@H]3C(=O)N(CC(=O)N4CCCCC4)CC(=O)N3C)cc2)cc(OC)c1OC. The summed E-state index contributed by atoms with van der Waals surface area (Å²) in [6, 6.07) is 10.9. The minimum absolute atomic E-state index is 0.0466. The number of carbonyl (C=O) groups is 3. The highest BCUT2D eigenvalue weighted by Crippen LogP contribution is 2.41. The Morgan fingerprint density at radius 1 is 0.892 bits per heavy atom. The molecule has 0 spiro atoms. The number of benzene rings is 2. The van der Waals surface area contributed by atoms with Gasteiger partial charge in [0, 0.05) is 26.6 Å². The highest BCUT2D eigenvalue weighted by molar-refractivity contribution is 5.97. The summed E-state index contributed by atoms with van der Waals surface area (Å²) in [6.45, 7) is 1.33. The lowest BCUT2D eigenvalue weighted by Crippen LogP contribution is -2.60. The number of nitrogens with zero attached hydrogens (tertiary/aromatic N) is 3. The molecule has 1 atom stereocenters. The molecule has 2 aliphatic rings. The lowest BCUT2D eigenvalue weighted by atomic mass is 9.98. The van der Waals surface area contributed by atoms with E-state index in [1.165, 1.54) is 9.80 Å². The molecule has 37 heavy (non-hydrogen) atoms. The van der Waals surface area contributed by atoms with Crippen LogP contribution < -0.4 is 14.2 Å². The standard InChI is InChI=1S/C28H35N3O6/c1-29-22(28(34)31(17-25(29)32)18-26(33)30-12-6-5-7-13-30)14-19-8-10-20(11-9-19)21-15-23(35-2)27(37-4)24(16-21)36-3/h8-11,15-16,22H,5-7,12-14,17-18H2,1-4H3/t22-/m0/s1. The highest BCUT2D eigenvalue weighted by atomic mass is 16.5. The summed E-state index contributed by atoms with van der Waals surface area (Å²) >= 11 is 0. The number of methoxy groups -OCH3 is 3. The number of piperazine rings is 1. The van der Waals surface area contributed by atoms with Gasteiger partial charge in [-0.3, -0.25) is 14.4 Å². The van der Waals surface area contributed by atoms with E-state index < -0.39 is 6.04 Å². The molecule has 0 N–H and O–H groups in total. The minimum atomic E-state index is -0.651. The Bertz CT molecular complexity index is 1120. The van der Waals surface area contributed by atoms with Crippen LogP contribution in [0, 0.1) is 0 Å². The second-order valence-corrected chi connectivity index (χ2v) is 9.47. The third kappa shape index (κ3) is 5.65. The second-order valence-electron chi connectivity index (χ2n) is 9.47. The molecule has 9 nitrogen and oxygen atoms in total. The van der Waals surface area contributed by atoms with Crippen LogP contribution in [-0.4, -0.2) is 93.0 Å². The molecule has 2 heterocycles. The zero-order valence-electron chi connectivity index (χ0n) is 22.0. The zero-order chi connectivity index (χ0) is 26.5. The zero-order valence-corrected chi connectivity index (χ0v) is 22.0. The molecular weight excluding hydrogens is 474 g/mol. The van der Waals surface area contributed by atoms with Crippen molar-refractivity contribution in [1.82, 2.24) is 14.7 Å². The van der Waals surface area contributed by atoms with Gasteiger partial charge < -0.3 is 28.9 Å². The van der Waals surface area contributed by atoms with Crippen LogP contribution >= 0.6 is 0 Å². The van der Waals surface area contributed by atoms with E-state index in [4.69, 9.17) is 14.2 Å². The molecule has 198 valence electrons. The number of likely N-dealkylation sites (N-methyl/N-ethyl adjacent to an activating group) is 1. The summed E-state index contributed by atoms with van der Waals surface area (Å²) in [4.78, 5) is 43.5. The Balaban J connectivity index is 1.49. The average Bonchev–Trinajstić information content (AvgIpc) is 2.93. The molecular formula is C28H35N3O6. The largest absolute Gasteiger partial charge is 0.493 e. The van der Waals surface area contributed by atoms with E-state index in [1.807, 2.05) is 36.4 Å². The Hall–Kier alpha value is -3.75. The summed E-state index contributed by atoms with van der Waals surface area (Å²) in [5, 5.41) is 0. The number of hydrogen-bond donors (Lipinski definition) is 0. The van der Waals surface area contributed by atoms with E-state index in [0.717, 1.165) is 49.0 Å². The third-order valence-electron chi connectivity index (χ3n) is 7.20. The lowest BCUT2D eigenvalue weighted by Gasteiger charge is -2.39. The lowest BCUT2D eigenvalue weighted by molar-refractivity contribution is -0.156. The van der Waals surface area contributed by atoms with Gasteiger partial charge in [0.1, 0.15) is 19.1 Å². The molecule has 0 aromatic heterocycles. The van der Waals surface area contributed by atoms with Gasteiger partial charge >= 0.3 is 0 Å². The number of ether oxygens (including phenoxy) is 3. The van der Waals surface area contributed by atoms with Crippen LogP contribution in [0.1, 0.15) is 24.8 Å². The van der Waals surface area contributed by atoms with Gasteiger partial charge in [0.15, 0.2) is 11.5 Å². The van der Waals surface area contributed by atoms with Crippen molar-refractivity contribution in [3.63, 3.8) is 0 Å². The topological polar surface area (TPSA) is 88.6 Å². The maximum atomic E-state index is 13.3. The van der Waals surface area contributed by atoms with Crippen molar-refractivity contribution in [1.29, 1.82) is 0 Å². The van der Waals surface area contributed by atoms with E-state index >= 15 is 0 Å². The Morgan fingerprint density at radius 3 is 2.08 bits per heavy atom. The minimum Gasteiger partial charge on any atom is -0.493 e. The Kier molecular flexibility index (Phi) is 8.21. The quantitative estimate of drug-likeness (QED) is 0.544. The smallest absolute Gasteiger partial charge is 0.246 e. The number of carbonyl (C=O) groups excluding carboxylic acids is 3. The fourth-order valence-corrected chi connectivity index (χ4v) is 4.97. The maximum absolute atomic E-state index is 13.3. The van der Waals surface area contributed by atoms with Gasteiger partial charge in [0.25, 0.3) is 0 Å². The van der Waals surface area contributed by atoms with Gasteiger partial charge in [-0.2, -0.15) is 0 Å². The van der Waals surface area contributed by atoms with Gasteiger partial charge in [-0.1, -0.05) is 24.3 Å². The fraction of sp³-hybridized carbons (Fsp3) is 0.464.